The molecule has 0 unspecified atom stereocenters. The number of ether oxygens (including phenoxy) is 2. The molecule has 0 bridgehead atoms. The van der Waals surface area contributed by atoms with Gasteiger partial charge in [0.05, 0.1) is 31.3 Å². The van der Waals surface area contributed by atoms with Crippen molar-refractivity contribution >= 4 is 52.0 Å². The maximum atomic E-state index is 13.1. The lowest BCUT2D eigenvalue weighted by Crippen LogP contribution is -2.46. The van der Waals surface area contributed by atoms with Crippen LogP contribution in [0.25, 0.3) is 0 Å². The van der Waals surface area contributed by atoms with Gasteiger partial charge in [0.25, 0.3) is 0 Å². The van der Waals surface area contributed by atoms with Crippen molar-refractivity contribution in [3.8, 4) is 11.5 Å². The number of rotatable bonds is 8. The number of nitrogens with one attached hydrogen (secondary N) is 2. The smallest absolute Gasteiger partial charge is 0.327 e. The molecule has 0 aliphatic carbocycles. The van der Waals surface area contributed by atoms with Gasteiger partial charge in [0.1, 0.15) is 34.5 Å². The maximum Gasteiger partial charge on any atom is 0.327 e. The van der Waals surface area contributed by atoms with Crippen molar-refractivity contribution in [3.63, 3.8) is 0 Å². The summed E-state index contributed by atoms with van der Waals surface area (Å²) in [5.74, 6) is 1.79. The van der Waals surface area contributed by atoms with Crippen LogP contribution in [0, 0.1) is 6.92 Å². The number of anilines is 6. The summed E-state index contributed by atoms with van der Waals surface area (Å²) in [7, 11) is 4.64. The Morgan fingerprint density at radius 2 is 1.82 bits per heavy atom. The number of aromatic nitrogens is 2. The Labute approximate surface area is 233 Å². The molecule has 1 aliphatic heterocycles. The first-order chi connectivity index (χ1) is 18.7. The molecule has 0 radical (unpaired) electrons. The molecule has 1 saturated heterocycles. The van der Waals surface area contributed by atoms with Gasteiger partial charge in [-0.1, -0.05) is 18.5 Å². The number of nitrogens with two attached hydrogens (primary N) is 1. The highest BCUT2D eigenvalue weighted by Gasteiger charge is 2.21. The monoisotopic (exact) mass is 554 g/mol. The van der Waals surface area contributed by atoms with E-state index < -0.39 is 6.03 Å². The minimum Gasteiger partial charge on any atom is -0.496 e. The minimum atomic E-state index is -0.452. The SMILES string of the molecule is CCN1CCN(c2ccc(Nc3cc(N(C)C(=O)Nc4c(C)c(OC)cc(OC)c4Cl)ncn3)c(N)c2)CC1. The van der Waals surface area contributed by atoms with Gasteiger partial charge in [0, 0.05) is 56.6 Å². The van der Waals surface area contributed by atoms with E-state index in [9.17, 15) is 4.79 Å². The zero-order chi connectivity index (χ0) is 28.1. The van der Waals surface area contributed by atoms with Crippen LogP contribution in [0.4, 0.5) is 39.2 Å². The number of amides is 2. The highest BCUT2D eigenvalue weighted by Crippen LogP contribution is 2.40. The van der Waals surface area contributed by atoms with Gasteiger partial charge >= 0.3 is 6.03 Å². The van der Waals surface area contributed by atoms with E-state index in [-0.39, 0.29) is 5.02 Å². The summed E-state index contributed by atoms with van der Waals surface area (Å²) in [5.41, 5.74) is 9.86. The molecule has 11 nitrogen and oxygen atoms in total. The number of nitrogens with zero attached hydrogens (tertiary/aromatic N) is 5. The second kappa shape index (κ2) is 12.3. The molecule has 1 aliphatic rings. The topological polar surface area (TPSA) is 121 Å². The number of benzene rings is 2. The van der Waals surface area contributed by atoms with Crippen LogP contribution in [-0.2, 0) is 0 Å². The molecule has 1 aromatic heterocycles. The van der Waals surface area contributed by atoms with Gasteiger partial charge in [0.15, 0.2) is 0 Å². The number of urea groups is 1. The second-order valence-electron chi connectivity index (χ2n) is 9.16. The van der Waals surface area contributed by atoms with E-state index in [0.717, 1.165) is 38.4 Å². The van der Waals surface area contributed by atoms with Crippen molar-refractivity contribution in [1.82, 2.24) is 14.9 Å². The van der Waals surface area contributed by atoms with Crippen molar-refractivity contribution in [1.29, 1.82) is 0 Å². The Morgan fingerprint density at radius 1 is 1.10 bits per heavy atom. The molecule has 39 heavy (non-hydrogen) atoms. The van der Waals surface area contributed by atoms with Crippen LogP contribution < -0.4 is 35.6 Å². The van der Waals surface area contributed by atoms with Crippen LogP contribution in [0.3, 0.4) is 0 Å². The number of nitrogen functional groups attached to an aromatic ring is 1. The molecule has 2 heterocycles. The van der Waals surface area contributed by atoms with Crippen molar-refractivity contribution in [2.24, 2.45) is 0 Å². The number of hydrogen-bond acceptors (Lipinski definition) is 9. The average molecular weight is 555 g/mol. The molecule has 2 amide bonds. The number of carbonyl (C=O) groups is 1. The predicted octanol–water partition coefficient (Wildman–Crippen LogP) is 4.59. The third-order valence-corrected chi connectivity index (χ3v) is 7.27. The summed E-state index contributed by atoms with van der Waals surface area (Å²) in [6.07, 6.45) is 1.38. The fourth-order valence-electron chi connectivity index (χ4n) is 4.43. The first kappa shape index (κ1) is 28.1. The Bertz CT molecular complexity index is 1300. The molecular formula is C27H35ClN8O3. The van der Waals surface area contributed by atoms with E-state index in [2.05, 4.69) is 43.4 Å². The quantitative estimate of drug-likeness (QED) is 0.343. The Balaban J connectivity index is 1.47. The van der Waals surface area contributed by atoms with Crippen LogP contribution in [0.2, 0.25) is 5.02 Å². The number of carbonyl (C=O) groups excluding carboxylic acids is 1. The van der Waals surface area contributed by atoms with E-state index in [1.54, 1.807) is 26.1 Å². The third kappa shape index (κ3) is 6.21. The lowest BCUT2D eigenvalue weighted by atomic mass is 10.1. The first-order valence-corrected chi connectivity index (χ1v) is 13.0. The Morgan fingerprint density at radius 3 is 2.46 bits per heavy atom. The van der Waals surface area contributed by atoms with E-state index >= 15 is 0 Å². The van der Waals surface area contributed by atoms with Crippen LogP contribution >= 0.6 is 11.6 Å². The lowest BCUT2D eigenvalue weighted by Gasteiger charge is -2.35. The van der Waals surface area contributed by atoms with E-state index in [1.165, 1.54) is 25.4 Å². The van der Waals surface area contributed by atoms with Gasteiger partial charge in [-0.15, -0.1) is 0 Å². The molecular weight excluding hydrogens is 520 g/mol. The number of likely N-dealkylation sites (N-methyl/N-ethyl adjacent to an activating group) is 1. The van der Waals surface area contributed by atoms with Gasteiger partial charge in [-0.05, 0) is 31.7 Å². The highest BCUT2D eigenvalue weighted by molar-refractivity contribution is 6.35. The van der Waals surface area contributed by atoms with Gasteiger partial charge in [-0.3, -0.25) is 4.90 Å². The predicted molar refractivity (Wildman–Crippen MR) is 157 cm³/mol. The van der Waals surface area contributed by atoms with E-state index in [0.29, 0.717) is 45.8 Å². The largest absolute Gasteiger partial charge is 0.496 e. The molecule has 12 heteroatoms. The number of halogens is 1. The summed E-state index contributed by atoms with van der Waals surface area (Å²) in [6.45, 7) is 9.07. The van der Waals surface area contributed by atoms with Crippen LogP contribution in [0.15, 0.2) is 36.7 Å². The molecule has 3 aromatic rings. The maximum absolute atomic E-state index is 13.1. The zero-order valence-corrected chi connectivity index (χ0v) is 23.7. The molecule has 2 aromatic carbocycles. The summed E-state index contributed by atoms with van der Waals surface area (Å²) in [4.78, 5) is 27.8. The van der Waals surface area contributed by atoms with Crippen LogP contribution in [-0.4, -0.2) is 74.9 Å². The van der Waals surface area contributed by atoms with Gasteiger partial charge < -0.3 is 35.6 Å². The fraction of sp³-hybridized carbons (Fsp3) is 0.370. The Hall–Kier alpha value is -3.96. The highest BCUT2D eigenvalue weighted by atomic mass is 35.5. The standard InChI is InChI=1S/C27H35ClN8O3/c1-6-35-9-11-36(12-10-35)18-7-8-20(19(29)13-18)32-23-15-24(31-16-30-23)34(3)27(37)33-26-17(2)21(38-4)14-22(39-5)25(26)28/h7-8,13-16H,6,9-12,29H2,1-5H3,(H,33,37)(H,30,31,32). The molecule has 0 saturated carbocycles. The molecule has 0 spiro atoms. The summed E-state index contributed by atoms with van der Waals surface area (Å²) < 4.78 is 10.7. The average Bonchev–Trinajstić information content (AvgIpc) is 2.96. The molecule has 0 atom stereocenters. The molecule has 208 valence electrons. The zero-order valence-electron chi connectivity index (χ0n) is 22.9. The normalized spacial score (nSPS) is 13.6. The van der Waals surface area contributed by atoms with E-state index in [1.807, 2.05) is 12.1 Å². The summed E-state index contributed by atoms with van der Waals surface area (Å²) in [6, 6.07) is 8.85. The van der Waals surface area contributed by atoms with Crippen molar-refractivity contribution < 1.29 is 14.3 Å². The first-order valence-electron chi connectivity index (χ1n) is 12.7. The van der Waals surface area contributed by atoms with Gasteiger partial charge in [-0.2, -0.15) is 0 Å². The van der Waals surface area contributed by atoms with Crippen LogP contribution in [0.5, 0.6) is 11.5 Å². The fourth-order valence-corrected chi connectivity index (χ4v) is 4.75. The third-order valence-electron chi connectivity index (χ3n) is 6.90. The van der Waals surface area contributed by atoms with Crippen molar-refractivity contribution in [3.05, 3.63) is 47.2 Å². The minimum absolute atomic E-state index is 0.272. The van der Waals surface area contributed by atoms with Crippen molar-refractivity contribution in [2.45, 2.75) is 13.8 Å². The Kier molecular flexibility index (Phi) is 8.82. The van der Waals surface area contributed by atoms with Crippen molar-refractivity contribution in [2.75, 3.05) is 80.2 Å². The summed E-state index contributed by atoms with van der Waals surface area (Å²) >= 11 is 6.48. The lowest BCUT2D eigenvalue weighted by molar-refractivity contribution is 0.258. The van der Waals surface area contributed by atoms with Crippen LogP contribution in [0.1, 0.15) is 12.5 Å². The number of piperazine rings is 1. The summed E-state index contributed by atoms with van der Waals surface area (Å²) in [5, 5.41) is 6.34. The van der Waals surface area contributed by atoms with Gasteiger partial charge in [-0.25, -0.2) is 14.8 Å². The van der Waals surface area contributed by atoms with E-state index in [4.69, 9.17) is 26.8 Å². The molecule has 4 N–H and O–H groups in total. The molecule has 1 fully saturated rings. The molecule has 4 rings (SSSR count). The second-order valence-corrected chi connectivity index (χ2v) is 9.54. The number of hydrogen-bond donors (Lipinski definition) is 3. The number of methoxy groups -OCH3 is 2. The van der Waals surface area contributed by atoms with Gasteiger partial charge in [0.2, 0.25) is 0 Å².